The number of ether oxygens (including phenoxy) is 2. The van der Waals surface area contributed by atoms with Crippen LogP contribution in [0.2, 0.25) is 0 Å². The van der Waals surface area contributed by atoms with Crippen LogP contribution in [0.3, 0.4) is 0 Å². The lowest BCUT2D eigenvalue weighted by Crippen LogP contribution is -2.17. The molecular weight excluding hydrogens is 374 g/mol. The molecule has 0 atom stereocenters. The molecule has 6 heteroatoms. The van der Waals surface area contributed by atoms with Gasteiger partial charge in [-0.3, -0.25) is 4.79 Å². The normalized spacial score (nSPS) is 10.1. The van der Waals surface area contributed by atoms with Crippen molar-refractivity contribution in [3.05, 3.63) is 58.1 Å². The molecule has 0 aliphatic rings. The zero-order chi connectivity index (χ0) is 17.5. The van der Waals surface area contributed by atoms with E-state index >= 15 is 0 Å². The Kier molecular flexibility index (Phi) is 6.37. The van der Waals surface area contributed by atoms with E-state index in [9.17, 15) is 9.59 Å². The van der Waals surface area contributed by atoms with Crippen LogP contribution in [0, 0.1) is 0 Å². The lowest BCUT2D eigenvalue weighted by atomic mass is 10.1. The van der Waals surface area contributed by atoms with E-state index < -0.39 is 5.97 Å². The van der Waals surface area contributed by atoms with Gasteiger partial charge in [0.15, 0.2) is 0 Å². The van der Waals surface area contributed by atoms with Gasteiger partial charge in [0.05, 0.1) is 30.5 Å². The molecule has 2 aromatic rings. The number of methoxy groups -OCH3 is 1. The van der Waals surface area contributed by atoms with Crippen LogP contribution >= 0.6 is 15.9 Å². The molecule has 0 bridgehead atoms. The lowest BCUT2D eigenvalue weighted by molar-refractivity contribution is 0.0602. The van der Waals surface area contributed by atoms with E-state index in [0.717, 1.165) is 6.42 Å². The number of hydrogen-bond acceptors (Lipinski definition) is 4. The summed E-state index contributed by atoms with van der Waals surface area (Å²) in [4.78, 5) is 24.5. The Morgan fingerprint density at radius 1 is 1.08 bits per heavy atom. The van der Waals surface area contributed by atoms with Gasteiger partial charge in [-0.1, -0.05) is 25.1 Å². The summed E-state index contributed by atoms with van der Waals surface area (Å²) in [6.07, 6.45) is 0.840. The highest BCUT2D eigenvalue weighted by Gasteiger charge is 2.19. The fourth-order valence-electron chi connectivity index (χ4n) is 2.10. The van der Waals surface area contributed by atoms with Crippen LogP contribution in [0.4, 0.5) is 5.69 Å². The summed E-state index contributed by atoms with van der Waals surface area (Å²) < 4.78 is 11.0. The Bertz CT molecular complexity index is 746. The van der Waals surface area contributed by atoms with Gasteiger partial charge >= 0.3 is 5.97 Å². The molecule has 1 amide bonds. The third-order valence-electron chi connectivity index (χ3n) is 3.25. The van der Waals surface area contributed by atoms with Gasteiger partial charge in [-0.25, -0.2) is 4.79 Å². The van der Waals surface area contributed by atoms with Crippen LogP contribution in [0.5, 0.6) is 5.75 Å². The number of benzene rings is 2. The first kappa shape index (κ1) is 18.0. The molecular formula is C18H18BrNO4. The average molecular weight is 392 g/mol. The number of carbonyl (C=O) groups is 2. The number of hydrogen-bond donors (Lipinski definition) is 1. The van der Waals surface area contributed by atoms with Crippen molar-refractivity contribution in [3.63, 3.8) is 0 Å². The monoisotopic (exact) mass is 391 g/mol. The van der Waals surface area contributed by atoms with Crippen molar-refractivity contribution >= 4 is 33.5 Å². The van der Waals surface area contributed by atoms with Gasteiger partial charge in [0.25, 0.3) is 5.91 Å². The second kappa shape index (κ2) is 8.49. The number of amides is 1. The predicted molar refractivity (Wildman–Crippen MR) is 95.7 cm³/mol. The number of para-hydroxylation sites is 2. The molecule has 0 saturated heterocycles. The first-order valence-electron chi connectivity index (χ1n) is 7.48. The van der Waals surface area contributed by atoms with Gasteiger partial charge in [-0.05, 0) is 46.6 Å². The molecule has 0 spiro atoms. The fraction of sp³-hybridized carbons (Fsp3) is 0.222. The minimum atomic E-state index is -0.526. The largest absolute Gasteiger partial charge is 0.493 e. The Balaban J connectivity index is 2.33. The highest BCUT2D eigenvalue weighted by Crippen LogP contribution is 2.29. The number of halogens is 1. The minimum absolute atomic E-state index is 0.271. The second-order valence-electron chi connectivity index (χ2n) is 4.95. The van der Waals surface area contributed by atoms with Crippen LogP contribution in [-0.2, 0) is 4.74 Å². The smallest absolute Gasteiger partial charge is 0.340 e. The maximum atomic E-state index is 12.6. The van der Waals surface area contributed by atoms with Gasteiger partial charge < -0.3 is 14.8 Å². The molecule has 0 aromatic heterocycles. The number of rotatable bonds is 6. The third kappa shape index (κ3) is 4.14. The van der Waals surface area contributed by atoms with Gasteiger partial charge in [0.1, 0.15) is 5.75 Å². The van der Waals surface area contributed by atoms with E-state index in [1.54, 1.807) is 42.5 Å². The van der Waals surface area contributed by atoms with Crippen molar-refractivity contribution in [2.45, 2.75) is 13.3 Å². The summed E-state index contributed by atoms with van der Waals surface area (Å²) in [7, 11) is 1.29. The molecule has 0 unspecified atom stereocenters. The van der Waals surface area contributed by atoms with Gasteiger partial charge in [0, 0.05) is 4.47 Å². The maximum Gasteiger partial charge on any atom is 0.340 e. The Labute approximate surface area is 149 Å². The van der Waals surface area contributed by atoms with Gasteiger partial charge in [0.2, 0.25) is 0 Å². The standard InChI is InChI=1S/C18H18BrNO4/c1-3-11-24-15-10-5-4-7-12(15)17(21)20-16-13(18(22)23-2)8-6-9-14(16)19/h4-10H,3,11H2,1-2H3,(H,20,21). The Hall–Kier alpha value is -2.34. The lowest BCUT2D eigenvalue weighted by Gasteiger charge is -2.14. The SMILES string of the molecule is CCCOc1ccccc1C(=O)Nc1c(Br)cccc1C(=O)OC. The maximum absolute atomic E-state index is 12.6. The molecule has 24 heavy (non-hydrogen) atoms. The topological polar surface area (TPSA) is 64.6 Å². The van der Waals surface area contributed by atoms with Crippen LogP contribution in [0.25, 0.3) is 0 Å². The molecule has 1 N–H and O–H groups in total. The van der Waals surface area contributed by atoms with Crippen molar-refractivity contribution in [2.24, 2.45) is 0 Å². The molecule has 0 radical (unpaired) electrons. The van der Waals surface area contributed by atoms with Crippen LogP contribution in [0.15, 0.2) is 46.9 Å². The molecule has 0 fully saturated rings. The summed E-state index contributed by atoms with van der Waals surface area (Å²) >= 11 is 3.35. The molecule has 2 rings (SSSR count). The highest BCUT2D eigenvalue weighted by atomic mass is 79.9. The highest BCUT2D eigenvalue weighted by molar-refractivity contribution is 9.10. The Morgan fingerprint density at radius 2 is 1.79 bits per heavy atom. The number of anilines is 1. The van der Waals surface area contributed by atoms with Crippen molar-refractivity contribution in [3.8, 4) is 5.75 Å². The Morgan fingerprint density at radius 3 is 2.50 bits per heavy atom. The van der Waals surface area contributed by atoms with Gasteiger partial charge in [-0.15, -0.1) is 0 Å². The van der Waals surface area contributed by atoms with E-state index in [0.29, 0.717) is 28.1 Å². The predicted octanol–water partition coefficient (Wildman–Crippen LogP) is 4.28. The van der Waals surface area contributed by atoms with E-state index in [2.05, 4.69) is 21.2 Å². The molecule has 5 nitrogen and oxygen atoms in total. The molecule has 126 valence electrons. The van der Waals surface area contributed by atoms with E-state index in [4.69, 9.17) is 9.47 Å². The average Bonchev–Trinajstić information content (AvgIpc) is 2.61. The van der Waals surface area contributed by atoms with Crippen LogP contribution in [0.1, 0.15) is 34.1 Å². The molecule has 0 aliphatic heterocycles. The quantitative estimate of drug-likeness (QED) is 0.746. The van der Waals surface area contributed by atoms with Crippen molar-refractivity contribution in [1.29, 1.82) is 0 Å². The molecule has 0 aliphatic carbocycles. The van der Waals surface area contributed by atoms with E-state index in [1.807, 2.05) is 6.92 Å². The van der Waals surface area contributed by atoms with E-state index in [-0.39, 0.29) is 11.5 Å². The summed E-state index contributed by atoms with van der Waals surface area (Å²) in [5, 5.41) is 2.76. The number of carbonyl (C=O) groups excluding carboxylic acids is 2. The summed E-state index contributed by atoms with van der Waals surface area (Å²) in [6, 6.07) is 12.0. The fourth-order valence-corrected chi connectivity index (χ4v) is 2.57. The van der Waals surface area contributed by atoms with Crippen molar-refractivity contribution in [2.75, 3.05) is 19.0 Å². The van der Waals surface area contributed by atoms with Crippen LogP contribution < -0.4 is 10.1 Å². The molecule has 2 aromatic carbocycles. The molecule has 0 heterocycles. The summed E-state index contributed by atoms with van der Waals surface area (Å²) in [6.45, 7) is 2.51. The molecule has 0 saturated carbocycles. The zero-order valence-corrected chi connectivity index (χ0v) is 15.1. The van der Waals surface area contributed by atoms with Crippen LogP contribution in [-0.4, -0.2) is 25.6 Å². The first-order chi connectivity index (χ1) is 11.6. The van der Waals surface area contributed by atoms with E-state index in [1.165, 1.54) is 7.11 Å². The van der Waals surface area contributed by atoms with Gasteiger partial charge in [-0.2, -0.15) is 0 Å². The number of nitrogens with one attached hydrogen (secondary N) is 1. The zero-order valence-electron chi connectivity index (χ0n) is 13.5. The first-order valence-corrected chi connectivity index (χ1v) is 8.27. The number of esters is 1. The summed E-state index contributed by atoms with van der Waals surface area (Å²) in [5.74, 6) is -0.385. The van der Waals surface area contributed by atoms with Crippen molar-refractivity contribution < 1.29 is 19.1 Å². The summed E-state index contributed by atoms with van der Waals surface area (Å²) in [5.41, 5.74) is 1.03. The third-order valence-corrected chi connectivity index (χ3v) is 3.91. The minimum Gasteiger partial charge on any atom is -0.493 e. The second-order valence-corrected chi connectivity index (χ2v) is 5.81. The van der Waals surface area contributed by atoms with Crippen molar-refractivity contribution in [1.82, 2.24) is 0 Å².